The van der Waals surface area contributed by atoms with Crippen LogP contribution in [0.25, 0.3) is 11.5 Å². The zero-order valence-corrected chi connectivity index (χ0v) is 18.2. The summed E-state index contributed by atoms with van der Waals surface area (Å²) >= 11 is 7.63. The van der Waals surface area contributed by atoms with E-state index in [0.29, 0.717) is 30.0 Å². The summed E-state index contributed by atoms with van der Waals surface area (Å²) in [5.74, 6) is 1.04. The summed E-state index contributed by atoms with van der Waals surface area (Å²) in [6, 6.07) is 7.67. The summed E-state index contributed by atoms with van der Waals surface area (Å²) in [6.07, 6.45) is 4.47. The lowest BCUT2D eigenvalue weighted by molar-refractivity contribution is -0.121. The molecule has 0 bridgehead atoms. The molecule has 6 nitrogen and oxygen atoms in total. The number of amides is 1. The SMILES string of the molecule is Cc1noc(-c2c(NC(=O)C3(c4ccc(Cl)cc4)CCCC3)sc3c2CCOC3)n1. The van der Waals surface area contributed by atoms with E-state index < -0.39 is 5.41 Å². The molecule has 3 aromatic rings. The second kappa shape index (κ2) is 7.80. The van der Waals surface area contributed by atoms with Crippen molar-refractivity contribution in [3.63, 3.8) is 0 Å². The number of anilines is 1. The molecule has 0 radical (unpaired) electrons. The minimum atomic E-state index is -0.548. The van der Waals surface area contributed by atoms with Crippen LogP contribution in [0.4, 0.5) is 5.00 Å². The molecule has 30 heavy (non-hydrogen) atoms. The summed E-state index contributed by atoms with van der Waals surface area (Å²) < 4.78 is 11.1. The highest BCUT2D eigenvalue weighted by molar-refractivity contribution is 7.17. The molecular formula is C22H22ClN3O3S. The number of carbonyl (C=O) groups is 1. The van der Waals surface area contributed by atoms with E-state index in [1.54, 1.807) is 18.3 Å². The van der Waals surface area contributed by atoms with Crippen LogP contribution in [0.15, 0.2) is 28.8 Å². The number of hydrogen-bond acceptors (Lipinski definition) is 6. The number of rotatable bonds is 4. The minimum absolute atomic E-state index is 0.0133. The molecule has 0 saturated heterocycles. The van der Waals surface area contributed by atoms with Gasteiger partial charge in [-0.2, -0.15) is 4.98 Å². The van der Waals surface area contributed by atoms with Gasteiger partial charge in [-0.15, -0.1) is 11.3 Å². The average molecular weight is 444 g/mol. The van der Waals surface area contributed by atoms with E-state index in [1.807, 2.05) is 24.3 Å². The number of halogens is 1. The Hall–Kier alpha value is -2.22. The van der Waals surface area contributed by atoms with Gasteiger partial charge in [-0.3, -0.25) is 4.79 Å². The molecule has 8 heteroatoms. The molecule has 1 amide bonds. The van der Waals surface area contributed by atoms with Gasteiger partial charge in [-0.25, -0.2) is 0 Å². The quantitative estimate of drug-likeness (QED) is 0.593. The van der Waals surface area contributed by atoms with E-state index in [-0.39, 0.29) is 5.91 Å². The van der Waals surface area contributed by atoms with Gasteiger partial charge in [0.05, 0.1) is 24.2 Å². The maximum absolute atomic E-state index is 13.7. The molecule has 1 aliphatic carbocycles. The third-order valence-electron chi connectivity index (χ3n) is 6.08. The molecule has 0 unspecified atom stereocenters. The first kappa shape index (κ1) is 19.7. The molecule has 1 N–H and O–H groups in total. The topological polar surface area (TPSA) is 77.2 Å². The van der Waals surface area contributed by atoms with Gasteiger partial charge in [-0.05, 0) is 49.4 Å². The van der Waals surface area contributed by atoms with Crippen LogP contribution in [0.3, 0.4) is 0 Å². The van der Waals surface area contributed by atoms with Crippen LogP contribution in [-0.4, -0.2) is 22.7 Å². The first-order valence-corrected chi connectivity index (χ1v) is 11.4. The first-order valence-electron chi connectivity index (χ1n) is 10.2. The number of aromatic nitrogens is 2. The van der Waals surface area contributed by atoms with Crippen molar-refractivity contribution in [3.05, 3.63) is 51.1 Å². The van der Waals surface area contributed by atoms with Crippen molar-refractivity contribution in [3.8, 4) is 11.5 Å². The van der Waals surface area contributed by atoms with Gasteiger partial charge in [0.25, 0.3) is 5.89 Å². The fraction of sp³-hybridized carbons (Fsp3) is 0.409. The second-order valence-electron chi connectivity index (χ2n) is 7.91. The fourth-order valence-electron chi connectivity index (χ4n) is 4.56. The maximum atomic E-state index is 13.7. The average Bonchev–Trinajstić information content (AvgIpc) is 3.47. The van der Waals surface area contributed by atoms with E-state index >= 15 is 0 Å². The summed E-state index contributed by atoms with van der Waals surface area (Å²) in [6.45, 7) is 2.98. The summed E-state index contributed by atoms with van der Waals surface area (Å²) in [4.78, 5) is 19.2. The van der Waals surface area contributed by atoms with E-state index in [9.17, 15) is 4.79 Å². The molecule has 156 valence electrons. The van der Waals surface area contributed by atoms with Gasteiger partial charge in [0.15, 0.2) is 5.82 Å². The fourth-order valence-corrected chi connectivity index (χ4v) is 5.86. The van der Waals surface area contributed by atoms with Crippen LogP contribution in [0, 0.1) is 6.92 Å². The van der Waals surface area contributed by atoms with Gasteiger partial charge in [0.2, 0.25) is 5.91 Å². The number of ether oxygens (including phenoxy) is 1. The van der Waals surface area contributed by atoms with E-state index in [0.717, 1.165) is 58.7 Å². The second-order valence-corrected chi connectivity index (χ2v) is 9.45. The number of nitrogens with zero attached hydrogens (tertiary/aromatic N) is 2. The largest absolute Gasteiger partial charge is 0.376 e. The molecule has 2 aromatic heterocycles. The van der Waals surface area contributed by atoms with Gasteiger partial charge in [0, 0.05) is 9.90 Å². The molecule has 1 saturated carbocycles. The van der Waals surface area contributed by atoms with Crippen molar-refractivity contribution in [2.45, 2.75) is 51.0 Å². The third-order valence-corrected chi connectivity index (χ3v) is 7.45. The van der Waals surface area contributed by atoms with Crippen molar-refractivity contribution in [1.82, 2.24) is 10.1 Å². The number of thiophene rings is 1. The molecule has 0 spiro atoms. The van der Waals surface area contributed by atoms with E-state index in [1.165, 1.54) is 0 Å². The Balaban J connectivity index is 1.54. The van der Waals surface area contributed by atoms with Gasteiger partial charge in [0.1, 0.15) is 5.00 Å². The Morgan fingerprint density at radius 3 is 2.70 bits per heavy atom. The molecular weight excluding hydrogens is 422 g/mol. The Bertz CT molecular complexity index is 1080. The molecule has 2 aliphatic rings. The minimum Gasteiger partial charge on any atom is -0.376 e. The number of aryl methyl sites for hydroxylation is 1. The summed E-state index contributed by atoms with van der Waals surface area (Å²) in [5.41, 5.74) is 2.45. The molecule has 0 atom stereocenters. The van der Waals surface area contributed by atoms with Crippen molar-refractivity contribution in [1.29, 1.82) is 0 Å². The lowest BCUT2D eigenvalue weighted by Gasteiger charge is -2.28. The van der Waals surface area contributed by atoms with Crippen LogP contribution in [-0.2, 0) is 28.0 Å². The molecule has 3 heterocycles. The molecule has 1 aromatic carbocycles. The van der Waals surface area contributed by atoms with E-state index in [2.05, 4.69) is 15.5 Å². The van der Waals surface area contributed by atoms with Crippen LogP contribution < -0.4 is 5.32 Å². The van der Waals surface area contributed by atoms with Gasteiger partial charge in [-0.1, -0.05) is 41.7 Å². The van der Waals surface area contributed by atoms with Crippen LogP contribution >= 0.6 is 22.9 Å². The lowest BCUT2D eigenvalue weighted by atomic mass is 9.78. The Kier molecular flexibility index (Phi) is 5.13. The predicted molar refractivity (Wildman–Crippen MR) is 116 cm³/mol. The van der Waals surface area contributed by atoms with Crippen molar-refractivity contribution >= 4 is 33.8 Å². The number of nitrogens with one attached hydrogen (secondary N) is 1. The van der Waals surface area contributed by atoms with Crippen molar-refractivity contribution < 1.29 is 14.1 Å². The normalized spacial score (nSPS) is 17.7. The highest BCUT2D eigenvalue weighted by Gasteiger charge is 2.43. The van der Waals surface area contributed by atoms with Crippen molar-refractivity contribution in [2.24, 2.45) is 0 Å². The standard InChI is InChI=1S/C22H22ClN3O3S/c1-13-24-19(29-26-13)18-16-8-11-28-12-17(16)30-20(18)25-21(27)22(9-2-3-10-22)14-4-6-15(23)7-5-14/h4-7H,2-3,8-12H2,1H3,(H,25,27). The van der Waals surface area contributed by atoms with E-state index in [4.69, 9.17) is 20.9 Å². The Morgan fingerprint density at radius 1 is 1.23 bits per heavy atom. The van der Waals surface area contributed by atoms with Crippen LogP contribution in [0.1, 0.15) is 47.5 Å². The zero-order valence-electron chi connectivity index (χ0n) is 16.7. The summed E-state index contributed by atoms with van der Waals surface area (Å²) in [7, 11) is 0. The monoisotopic (exact) mass is 443 g/mol. The smallest absolute Gasteiger partial charge is 0.261 e. The van der Waals surface area contributed by atoms with Crippen LogP contribution in [0.2, 0.25) is 5.02 Å². The highest BCUT2D eigenvalue weighted by atomic mass is 35.5. The predicted octanol–water partition coefficient (Wildman–Crippen LogP) is 5.28. The zero-order chi connectivity index (χ0) is 20.7. The number of benzene rings is 1. The molecule has 1 fully saturated rings. The Morgan fingerprint density at radius 2 is 2.00 bits per heavy atom. The number of carbonyl (C=O) groups excluding carboxylic acids is 1. The lowest BCUT2D eigenvalue weighted by Crippen LogP contribution is -2.37. The number of hydrogen-bond donors (Lipinski definition) is 1. The third kappa shape index (κ3) is 3.35. The summed E-state index contributed by atoms with van der Waals surface area (Å²) in [5, 5.41) is 8.62. The molecule has 1 aliphatic heterocycles. The van der Waals surface area contributed by atoms with Gasteiger partial charge >= 0.3 is 0 Å². The van der Waals surface area contributed by atoms with Crippen molar-refractivity contribution in [2.75, 3.05) is 11.9 Å². The number of fused-ring (bicyclic) bond motifs is 1. The first-order chi connectivity index (χ1) is 14.6. The van der Waals surface area contributed by atoms with Crippen LogP contribution in [0.5, 0.6) is 0 Å². The highest BCUT2D eigenvalue weighted by Crippen LogP contribution is 2.46. The Labute approximate surface area is 183 Å². The maximum Gasteiger partial charge on any atom is 0.261 e. The van der Waals surface area contributed by atoms with Gasteiger partial charge < -0.3 is 14.6 Å². The molecule has 5 rings (SSSR count).